The van der Waals surface area contributed by atoms with Gasteiger partial charge < -0.3 is 0 Å². The first-order valence-corrected chi connectivity index (χ1v) is 6.87. The molecule has 0 aliphatic carbocycles. The largest absolute Gasteiger partial charge is 0.295 e. The molecule has 0 saturated carbocycles. The van der Waals surface area contributed by atoms with Crippen LogP contribution in [0, 0.1) is 0 Å². The van der Waals surface area contributed by atoms with Crippen molar-refractivity contribution in [3.63, 3.8) is 0 Å². The number of amides is 2. The molecule has 0 unspecified atom stereocenters. The fourth-order valence-electron chi connectivity index (χ4n) is 2.28. The highest BCUT2D eigenvalue weighted by molar-refractivity contribution is 7.86. The predicted molar refractivity (Wildman–Crippen MR) is 66.0 cm³/mol. The Hall–Kier alpha value is -2.29. The lowest BCUT2D eigenvalue weighted by Gasteiger charge is -2.22. The summed E-state index contributed by atoms with van der Waals surface area (Å²) in [4.78, 5) is 23.2. The molecule has 1 heterocycles. The summed E-state index contributed by atoms with van der Waals surface area (Å²) in [5, 5.41) is 9.57. The Bertz CT molecular complexity index is 864. The van der Waals surface area contributed by atoms with Crippen molar-refractivity contribution in [3.8, 4) is 0 Å². The second-order valence-corrected chi connectivity index (χ2v) is 5.63. The zero-order valence-electron chi connectivity index (χ0n) is 9.77. The number of hydroxylamine groups is 2. The zero-order chi connectivity index (χ0) is 14.7. The summed E-state index contributed by atoms with van der Waals surface area (Å²) in [7, 11) is -4.49. The van der Waals surface area contributed by atoms with Crippen LogP contribution in [0.1, 0.15) is 20.7 Å². The number of hydrogen-bond acceptors (Lipinski definition) is 5. The third kappa shape index (κ3) is 1.56. The van der Waals surface area contributed by atoms with Gasteiger partial charge in [-0.2, -0.15) is 8.42 Å². The summed E-state index contributed by atoms with van der Waals surface area (Å²) >= 11 is 0. The van der Waals surface area contributed by atoms with Crippen LogP contribution < -0.4 is 0 Å². The summed E-state index contributed by atoms with van der Waals surface area (Å²) in [6, 6.07) is 6.33. The van der Waals surface area contributed by atoms with Crippen LogP contribution in [0.25, 0.3) is 10.8 Å². The second kappa shape index (κ2) is 3.85. The van der Waals surface area contributed by atoms with Crippen molar-refractivity contribution in [2.75, 3.05) is 0 Å². The number of rotatable bonds is 1. The van der Waals surface area contributed by atoms with Gasteiger partial charge >= 0.3 is 0 Å². The first-order valence-electron chi connectivity index (χ1n) is 5.43. The Morgan fingerprint density at radius 2 is 1.55 bits per heavy atom. The summed E-state index contributed by atoms with van der Waals surface area (Å²) in [6.07, 6.45) is 0. The second-order valence-electron chi connectivity index (χ2n) is 4.24. The molecule has 1 aliphatic rings. The molecule has 2 amide bonds. The van der Waals surface area contributed by atoms with Crippen LogP contribution in [0.15, 0.2) is 35.2 Å². The molecule has 0 spiro atoms. The molecule has 0 radical (unpaired) electrons. The molecule has 0 atom stereocenters. The highest BCUT2D eigenvalue weighted by atomic mass is 32.2. The van der Waals surface area contributed by atoms with Crippen LogP contribution >= 0.6 is 0 Å². The monoisotopic (exact) mass is 293 g/mol. The van der Waals surface area contributed by atoms with E-state index in [0.29, 0.717) is 0 Å². The molecule has 2 N–H and O–H groups in total. The molecule has 0 fully saturated rings. The van der Waals surface area contributed by atoms with Gasteiger partial charge in [-0.1, -0.05) is 12.1 Å². The van der Waals surface area contributed by atoms with Crippen molar-refractivity contribution in [1.82, 2.24) is 5.06 Å². The van der Waals surface area contributed by atoms with Gasteiger partial charge in [0.25, 0.3) is 21.9 Å². The van der Waals surface area contributed by atoms with Gasteiger partial charge in [0.1, 0.15) is 4.90 Å². The van der Waals surface area contributed by atoms with Crippen molar-refractivity contribution in [3.05, 3.63) is 41.5 Å². The summed E-state index contributed by atoms with van der Waals surface area (Å²) in [5.74, 6) is -1.89. The molecule has 8 heteroatoms. The number of benzene rings is 2. The van der Waals surface area contributed by atoms with E-state index in [-0.39, 0.29) is 27.0 Å². The first-order chi connectivity index (χ1) is 9.32. The predicted octanol–water partition coefficient (Wildman–Crippen LogP) is 1.07. The van der Waals surface area contributed by atoms with Crippen LogP contribution in [0.3, 0.4) is 0 Å². The number of nitrogens with zero attached hydrogens (tertiary/aromatic N) is 1. The number of imide groups is 1. The summed E-state index contributed by atoms with van der Waals surface area (Å²) < 4.78 is 31.8. The van der Waals surface area contributed by atoms with Gasteiger partial charge in [-0.3, -0.25) is 19.3 Å². The van der Waals surface area contributed by atoms with Gasteiger partial charge in [0, 0.05) is 10.8 Å². The minimum Gasteiger partial charge on any atom is -0.282 e. The van der Waals surface area contributed by atoms with E-state index >= 15 is 0 Å². The number of hydrogen-bond donors (Lipinski definition) is 2. The maximum atomic E-state index is 11.8. The molecule has 3 rings (SSSR count). The number of carbonyl (C=O) groups is 2. The molecule has 2 aromatic carbocycles. The van der Waals surface area contributed by atoms with E-state index in [1.54, 1.807) is 0 Å². The first kappa shape index (κ1) is 12.7. The molecule has 0 bridgehead atoms. The molecule has 20 heavy (non-hydrogen) atoms. The Morgan fingerprint density at radius 3 is 2.15 bits per heavy atom. The van der Waals surface area contributed by atoms with Crippen LogP contribution in [0.5, 0.6) is 0 Å². The molecule has 1 aliphatic heterocycles. The van der Waals surface area contributed by atoms with Crippen LogP contribution in [0.2, 0.25) is 0 Å². The Balaban J connectivity index is 2.54. The maximum Gasteiger partial charge on any atom is 0.295 e. The van der Waals surface area contributed by atoms with Gasteiger partial charge in [0.05, 0.1) is 11.1 Å². The minimum absolute atomic E-state index is 0.00917. The van der Waals surface area contributed by atoms with E-state index in [1.165, 1.54) is 18.2 Å². The third-order valence-corrected chi connectivity index (χ3v) is 4.04. The van der Waals surface area contributed by atoms with Crippen molar-refractivity contribution in [2.45, 2.75) is 4.90 Å². The van der Waals surface area contributed by atoms with E-state index in [4.69, 9.17) is 0 Å². The average Bonchev–Trinajstić information content (AvgIpc) is 2.40. The van der Waals surface area contributed by atoms with E-state index in [2.05, 4.69) is 0 Å². The fraction of sp³-hybridized carbons (Fsp3) is 0. The van der Waals surface area contributed by atoms with Crippen molar-refractivity contribution < 1.29 is 27.8 Å². The topological polar surface area (TPSA) is 112 Å². The average molecular weight is 293 g/mol. The van der Waals surface area contributed by atoms with E-state index < -0.39 is 26.8 Å². The Labute approximate surface area is 112 Å². The summed E-state index contributed by atoms with van der Waals surface area (Å²) in [6.45, 7) is 0. The zero-order valence-corrected chi connectivity index (χ0v) is 10.6. The maximum absolute atomic E-state index is 11.8. The molecule has 7 nitrogen and oxygen atoms in total. The van der Waals surface area contributed by atoms with Crippen LogP contribution in [-0.4, -0.2) is 35.1 Å². The molecular weight excluding hydrogens is 286 g/mol. The standard InChI is InChI=1S/C12H7NO6S/c14-11-7-3-1-2-6-9(20(17,18)19)5-4-8(10(6)7)12(15)13(11)16/h1-5,16H,(H,17,18,19). The fourth-order valence-corrected chi connectivity index (χ4v) is 2.97. The smallest absolute Gasteiger partial charge is 0.282 e. The minimum atomic E-state index is -4.49. The third-order valence-electron chi connectivity index (χ3n) is 3.12. The van der Waals surface area contributed by atoms with E-state index in [9.17, 15) is 27.8 Å². The molecular formula is C12H7NO6S. The van der Waals surface area contributed by atoms with Gasteiger partial charge in [-0.25, -0.2) is 0 Å². The lowest BCUT2D eigenvalue weighted by atomic mass is 9.95. The van der Waals surface area contributed by atoms with Crippen molar-refractivity contribution in [2.24, 2.45) is 0 Å². The molecule has 0 aromatic heterocycles. The highest BCUT2D eigenvalue weighted by Gasteiger charge is 2.33. The van der Waals surface area contributed by atoms with Gasteiger partial charge in [-0.15, -0.1) is 5.06 Å². The van der Waals surface area contributed by atoms with Crippen LogP contribution in [-0.2, 0) is 10.1 Å². The van der Waals surface area contributed by atoms with Crippen molar-refractivity contribution >= 4 is 32.7 Å². The lowest BCUT2D eigenvalue weighted by Crippen LogP contribution is -2.37. The van der Waals surface area contributed by atoms with E-state index in [0.717, 1.165) is 12.1 Å². The molecule has 2 aromatic rings. The van der Waals surface area contributed by atoms with Crippen molar-refractivity contribution in [1.29, 1.82) is 0 Å². The van der Waals surface area contributed by atoms with E-state index in [1.807, 2.05) is 0 Å². The lowest BCUT2D eigenvalue weighted by molar-refractivity contribution is -0.0377. The quantitative estimate of drug-likeness (QED) is 0.462. The molecule has 0 saturated heterocycles. The van der Waals surface area contributed by atoms with Gasteiger partial charge in [0.2, 0.25) is 0 Å². The highest BCUT2D eigenvalue weighted by Crippen LogP contribution is 2.33. The Morgan fingerprint density at radius 1 is 0.950 bits per heavy atom. The van der Waals surface area contributed by atoms with Crippen LogP contribution in [0.4, 0.5) is 0 Å². The SMILES string of the molecule is O=C1c2cccc3c(S(=O)(=O)O)ccc(c23)C(=O)N1O. The van der Waals surface area contributed by atoms with Gasteiger partial charge in [-0.05, 0) is 18.2 Å². The number of carbonyl (C=O) groups excluding carboxylic acids is 2. The molecule has 102 valence electrons. The van der Waals surface area contributed by atoms with Gasteiger partial charge in [0.15, 0.2) is 0 Å². The Kier molecular flexibility index (Phi) is 2.45. The normalized spacial score (nSPS) is 15.0. The summed E-state index contributed by atoms with van der Waals surface area (Å²) in [5.41, 5.74) is -0.0183.